The molecule has 0 bridgehead atoms. The zero-order valence-electron chi connectivity index (χ0n) is 13.7. The summed E-state index contributed by atoms with van der Waals surface area (Å²) in [6.45, 7) is 15.8. The molecule has 2 heterocycles. The smallest absolute Gasteiger partial charge is 0.0622 e. The molecule has 0 aliphatic carbocycles. The molecule has 4 heteroatoms. The van der Waals surface area contributed by atoms with Crippen LogP contribution < -0.4 is 5.32 Å². The zero-order valence-corrected chi connectivity index (χ0v) is 13.7. The highest BCUT2D eigenvalue weighted by atomic mass is 16.5. The Morgan fingerprint density at radius 1 is 1.25 bits per heavy atom. The van der Waals surface area contributed by atoms with E-state index < -0.39 is 0 Å². The molecule has 0 amide bonds. The molecular formula is C16H32N2O2. The van der Waals surface area contributed by atoms with Crippen LogP contribution in [0.15, 0.2) is 0 Å². The van der Waals surface area contributed by atoms with Gasteiger partial charge in [-0.1, -0.05) is 6.92 Å². The van der Waals surface area contributed by atoms with Gasteiger partial charge in [-0.2, -0.15) is 0 Å². The summed E-state index contributed by atoms with van der Waals surface area (Å²) in [7, 11) is 0. The highest BCUT2D eigenvalue weighted by Crippen LogP contribution is 2.31. The van der Waals surface area contributed by atoms with Crippen molar-refractivity contribution in [2.45, 2.75) is 52.1 Å². The maximum Gasteiger partial charge on any atom is 0.0622 e. The number of hydrogen-bond acceptors (Lipinski definition) is 4. The molecular weight excluding hydrogens is 252 g/mol. The Morgan fingerprint density at radius 3 is 2.65 bits per heavy atom. The lowest BCUT2D eigenvalue weighted by molar-refractivity contribution is -0.0301. The van der Waals surface area contributed by atoms with E-state index in [1.54, 1.807) is 0 Å². The van der Waals surface area contributed by atoms with Crippen LogP contribution in [-0.4, -0.2) is 62.5 Å². The van der Waals surface area contributed by atoms with E-state index in [-0.39, 0.29) is 11.0 Å². The van der Waals surface area contributed by atoms with Crippen molar-refractivity contribution in [3.63, 3.8) is 0 Å². The van der Waals surface area contributed by atoms with Crippen molar-refractivity contribution in [3.05, 3.63) is 0 Å². The minimum absolute atomic E-state index is 0.171. The lowest BCUT2D eigenvalue weighted by Gasteiger charge is -2.42. The molecule has 2 rings (SSSR count). The monoisotopic (exact) mass is 284 g/mol. The van der Waals surface area contributed by atoms with Gasteiger partial charge in [0.1, 0.15) is 0 Å². The van der Waals surface area contributed by atoms with Crippen molar-refractivity contribution in [1.29, 1.82) is 0 Å². The molecule has 0 aromatic rings. The van der Waals surface area contributed by atoms with Gasteiger partial charge in [0, 0.05) is 43.2 Å². The Balaban J connectivity index is 1.97. The van der Waals surface area contributed by atoms with Crippen LogP contribution >= 0.6 is 0 Å². The van der Waals surface area contributed by atoms with Gasteiger partial charge < -0.3 is 14.8 Å². The molecule has 0 saturated carbocycles. The third kappa shape index (κ3) is 4.42. The van der Waals surface area contributed by atoms with E-state index >= 15 is 0 Å². The van der Waals surface area contributed by atoms with Crippen molar-refractivity contribution in [3.8, 4) is 0 Å². The molecule has 2 fully saturated rings. The molecule has 2 saturated heterocycles. The lowest BCUT2D eigenvalue weighted by atomic mass is 9.85. The molecule has 2 unspecified atom stereocenters. The molecule has 0 spiro atoms. The fraction of sp³-hybridized carbons (Fsp3) is 1.00. The number of ether oxygens (including phenoxy) is 2. The molecule has 0 radical (unpaired) electrons. The second kappa shape index (κ2) is 6.73. The van der Waals surface area contributed by atoms with Crippen molar-refractivity contribution in [1.82, 2.24) is 10.2 Å². The number of nitrogens with zero attached hydrogens (tertiary/aromatic N) is 1. The van der Waals surface area contributed by atoms with Crippen molar-refractivity contribution in [2.24, 2.45) is 5.41 Å². The van der Waals surface area contributed by atoms with Gasteiger partial charge in [0.2, 0.25) is 0 Å². The number of nitrogens with one attached hydrogen (secondary N) is 1. The van der Waals surface area contributed by atoms with Crippen LogP contribution in [0.3, 0.4) is 0 Å². The average Bonchev–Trinajstić information content (AvgIpc) is 2.86. The SMILES string of the molecule is CCC1COCCN1CC1(CNC(C)(C)C)CCOC1. The first-order valence-corrected chi connectivity index (χ1v) is 8.09. The van der Waals surface area contributed by atoms with Gasteiger partial charge in [-0.05, 0) is 33.6 Å². The number of hydrogen-bond donors (Lipinski definition) is 1. The van der Waals surface area contributed by atoms with E-state index in [0.29, 0.717) is 6.04 Å². The molecule has 2 aliphatic heterocycles. The van der Waals surface area contributed by atoms with Crippen LogP contribution in [0.2, 0.25) is 0 Å². The fourth-order valence-electron chi connectivity index (χ4n) is 3.13. The first kappa shape index (κ1) is 16.2. The molecule has 2 atom stereocenters. The molecule has 1 N–H and O–H groups in total. The standard InChI is InChI=1S/C16H32N2O2/c1-5-14-10-19-9-7-18(14)12-16(6-8-20-13-16)11-17-15(2,3)4/h14,17H,5-13H2,1-4H3. The summed E-state index contributed by atoms with van der Waals surface area (Å²) in [6, 6.07) is 0.580. The Hall–Kier alpha value is -0.160. The van der Waals surface area contributed by atoms with Gasteiger partial charge in [0.25, 0.3) is 0 Å². The van der Waals surface area contributed by atoms with Gasteiger partial charge in [0.15, 0.2) is 0 Å². The van der Waals surface area contributed by atoms with Crippen LogP contribution in [0.1, 0.15) is 40.5 Å². The largest absolute Gasteiger partial charge is 0.381 e. The van der Waals surface area contributed by atoms with Crippen molar-refractivity contribution >= 4 is 0 Å². The first-order valence-electron chi connectivity index (χ1n) is 8.09. The van der Waals surface area contributed by atoms with E-state index in [1.807, 2.05) is 0 Å². The Morgan fingerprint density at radius 2 is 2.05 bits per heavy atom. The van der Waals surface area contributed by atoms with Gasteiger partial charge in [-0.25, -0.2) is 0 Å². The predicted octanol–water partition coefficient (Wildman–Crippen LogP) is 1.89. The van der Waals surface area contributed by atoms with E-state index in [2.05, 4.69) is 37.9 Å². The highest BCUT2D eigenvalue weighted by molar-refractivity contribution is 4.92. The third-order valence-corrected chi connectivity index (χ3v) is 4.54. The van der Waals surface area contributed by atoms with Gasteiger partial charge >= 0.3 is 0 Å². The fourth-order valence-corrected chi connectivity index (χ4v) is 3.13. The summed E-state index contributed by atoms with van der Waals surface area (Å²) >= 11 is 0. The van der Waals surface area contributed by atoms with E-state index in [9.17, 15) is 0 Å². The molecule has 0 aromatic heterocycles. The first-order chi connectivity index (χ1) is 9.44. The maximum atomic E-state index is 5.74. The van der Waals surface area contributed by atoms with Crippen molar-refractivity contribution < 1.29 is 9.47 Å². The van der Waals surface area contributed by atoms with Gasteiger partial charge in [0.05, 0.1) is 19.8 Å². The van der Waals surface area contributed by atoms with Crippen LogP contribution in [0.4, 0.5) is 0 Å². The van der Waals surface area contributed by atoms with Crippen molar-refractivity contribution in [2.75, 3.05) is 46.1 Å². The molecule has 2 aliphatic rings. The van der Waals surface area contributed by atoms with Crippen LogP contribution in [-0.2, 0) is 9.47 Å². The van der Waals surface area contributed by atoms with Gasteiger partial charge in [-0.15, -0.1) is 0 Å². The summed E-state index contributed by atoms with van der Waals surface area (Å²) in [5, 5.41) is 3.69. The third-order valence-electron chi connectivity index (χ3n) is 4.54. The summed E-state index contributed by atoms with van der Waals surface area (Å²) in [6.07, 6.45) is 2.34. The second-order valence-corrected chi connectivity index (χ2v) is 7.51. The zero-order chi connectivity index (χ0) is 14.6. The minimum Gasteiger partial charge on any atom is -0.381 e. The number of morpholine rings is 1. The van der Waals surface area contributed by atoms with Crippen LogP contribution in [0, 0.1) is 5.41 Å². The van der Waals surface area contributed by atoms with Gasteiger partial charge in [-0.3, -0.25) is 4.90 Å². The minimum atomic E-state index is 0.171. The quantitative estimate of drug-likeness (QED) is 0.836. The highest BCUT2D eigenvalue weighted by Gasteiger charge is 2.39. The lowest BCUT2D eigenvalue weighted by Crippen LogP contribution is -2.54. The summed E-state index contributed by atoms with van der Waals surface area (Å²) in [5.74, 6) is 0. The Bertz CT molecular complexity index is 295. The summed E-state index contributed by atoms with van der Waals surface area (Å²) < 4.78 is 11.4. The number of rotatable bonds is 5. The van der Waals surface area contributed by atoms with Crippen LogP contribution in [0.25, 0.3) is 0 Å². The Kier molecular flexibility index (Phi) is 5.46. The second-order valence-electron chi connectivity index (χ2n) is 7.51. The summed E-state index contributed by atoms with van der Waals surface area (Å²) in [4.78, 5) is 2.63. The van der Waals surface area contributed by atoms with Crippen LogP contribution in [0.5, 0.6) is 0 Å². The molecule has 20 heavy (non-hydrogen) atoms. The summed E-state index contributed by atoms with van der Waals surface area (Å²) in [5.41, 5.74) is 0.447. The average molecular weight is 284 g/mol. The maximum absolute atomic E-state index is 5.74. The predicted molar refractivity (Wildman–Crippen MR) is 82.1 cm³/mol. The van der Waals surface area contributed by atoms with E-state index in [4.69, 9.17) is 9.47 Å². The van der Waals surface area contributed by atoms with E-state index in [1.165, 1.54) is 12.8 Å². The molecule has 0 aromatic carbocycles. The van der Waals surface area contributed by atoms with E-state index in [0.717, 1.165) is 46.1 Å². The molecule has 4 nitrogen and oxygen atoms in total. The Labute approximate surface area is 124 Å². The normalized spacial score (nSPS) is 32.7. The topological polar surface area (TPSA) is 33.7 Å². The molecule has 118 valence electrons.